The van der Waals surface area contributed by atoms with Gasteiger partial charge in [0.1, 0.15) is 11.5 Å². The molecule has 0 aliphatic rings. The van der Waals surface area contributed by atoms with E-state index in [-0.39, 0.29) is 11.7 Å². The number of ether oxygens (including phenoxy) is 1. The summed E-state index contributed by atoms with van der Waals surface area (Å²) in [6, 6.07) is 30.8. The Morgan fingerprint density at radius 2 is 1.50 bits per heavy atom. The summed E-state index contributed by atoms with van der Waals surface area (Å²) in [5.74, 6) is 1.02. The molecule has 0 atom stereocenters. The van der Waals surface area contributed by atoms with Crippen LogP contribution in [0.5, 0.6) is 11.5 Å². The number of aryl methyl sites for hydroxylation is 1. The number of para-hydroxylation sites is 1. The number of phenolic OH excluding ortho intramolecular Hbond substituents is 1. The quantitative estimate of drug-likeness (QED) is 0.291. The lowest BCUT2D eigenvalue weighted by Crippen LogP contribution is -2.13. The number of carbonyl (C=O) groups excluding carboxylic acids is 1. The van der Waals surface area contributed by atoms with Gasteiger partial charge < -0.3 is 15.2 Å². The van der Waals surface area contributed by atoms with Crippen LogP contribution in [-0.2, 0) is 11.2 Å². The molecular weight excluding hydrogens is 422 g/mol. The summed E-state index contributed by atoms with van der Waals surface area (Å²) in [5, 5.41) is 12.6. The summed E-state index contributed by atoms with van der Waals surface area (Å²) in [6.07, 6.45) is 5.10. The van der Waals surface area contributed by atoms with E-state index in [2.05, 4.69) is 17.4 Å². The molecule has 0 bridgehead atoms. The zero-order valence-electron chi connectivity index (χ0n) is 19.1. The van der Waals surface area contributed by atoms with Crippen LogP contribution >= 0.6 is 0 Å². The van der Waals surface area contributed by atoms with Gasteiger partial charge in [-0.2, -0.15) is 0 Å². The summed E-state index contributed by atoms with van der Waals surface area (Å²) in [4.78, 5) is 12.7. The van der Waals surface area contributed by atoms with Crippen molar-refractivity contribution in [3.8, 4) is 22.6 Å². The highest BCUT2D eigenvalue weighted by atomic mass is 16.5. The van der Waals surface area contributed by atoms with Crippen LogP contribution in [0.2, 0.25) is 0 Å². The maximum absolute atomic E-state index is 12.7. The van der Waals surface area contributed by atoms with Crippen LogP contribution < -0.4 is 10.1 Å². The molecule has 2 N–H and O–H groups in total. The van der Waals surface area contributed by atoms with E-state index in [1.807, 2.05) is 84.9 Å². The van der Waals surface area contributed by atoms with Gasteiger partial charge in [0.2, 0.25) is 5.91 Å². The number of phenols is 1. The molecule has 0 heterocycles. The number of rotatable bonds is 8. The molecule has 1 amide bonds. The lowest BCUT2D eigenvalue weighted by atomic mass is 9.97. The largest absolute Gasteiger partial charge is 0.508 e. The van der Waals surface area contributed by atoms with Crippen LogP contribution in [0.25, 0.3) is 23.3 Å². The smallest absolute Gasteiger partial charge is 0.224 e. The average molecular weight is 450 g/mol. The van der Waals surface area contributed by atoms with Crippen molar-refractivity contribution in [3.63, 3.8) is 0 Å². The number of methoxy groups -OCH3 is 1. The Labute approximate surface area is 200 Å². The summed E-state index contributed by atoms with van der Waals surface area (Å²) in [6.45, 7) is 0. The number of nitrogens with one attached hydrogen (secondary N) is 1. The van der Waals surface area contributed by atoms with Gasteiger partial charge in [0, 0.05) is 17.7 Å². The van der Waals surface area contributed by atoms with Crippen LogP contribution in [-0.4, -0.2) is 18.1 Å². The predicted octanol–water partition coefficient (Wildman–Crippen LogP) is 6.81. The van der Waals surface area contributed by atoms with Crippen LogP contribution in [0, 0.1) is 0 Å². The highest BCUT2D eigenvalue weighted by Crippen LogP contribution is 2.32. The Kier molecular flexibility index (Phi) is 7.41. The Bertz CT molecular complexity index is 1280. The maximum atomic E-state index is 12.7. The van der Waals surface area contributed by atoms with Crippen LogP contribution in [0.3, 0.4) is 0 Å². The fourth-order valence-corrected chi connectivity index (χ4v) is 3.75. The Balaban J connectivity index is 1.50. The van der Waals surface area contributed by atoms with Gasteiger partial charge in [-0.25, -0.2) is 0 Å². The van der Waals surface area contributed by atoms with Gasteiger partial charge >= 0.3 is 0 Å². The Morgan fingerprint density at radius 3 is 2.24 bits per heavy atom. The molecule has 4 heteroatoms. The zero-order valence-corrected chi connectivity index (χ0v) is 19.1. The van der Waals surface area contributed by atoms with Crippen molar-refractivity contribution in [1.82, 2.24) is 0 Å². The first-order valence-corrected chi connectivity index (χ1v) is 11.2. The lowest BCUT2D eigenvalue weighted by molar-refractivity contribution is -0.116. The second-order valence-corrected chi connectivity index (χ2v) is 7.95. The number of aromatic hydroxyl groups is 1. The minimum Gasteiger partial charge on any atom is -0.508 e. The minimum atomic E-state index is -0.0274. The SMILES string of the molecule is COc1ccc(CCC(=O)Nc2ccccc2-c2ccccc2/C=C/c2ccc(O)cc2)cc1. The van der Waals surface area contributed by atoms with Gasteiger partial charge in [-0.3, -0.25) is 4.79 Å². The number of benzene rings is 4. The zero-order chi connectivity index (χ0) is 23.8. The van der Waals surface area contributed by atoms with Gasteiger partial charge in [0.25, 0.3) is 0 Å². The van der Waals surface area contributed by atoms with E-state index in [9.17, 15) is 9.90 Å². The molecule has 0 spiro atoms. The molecule has 4 aromatic carbocycles. The monoisotopic (exact) mass is 449 g/mol. The van der Waals surface area contributed by atoms with Crippen molar-refractivity contribution in [3.05, 3.63) is 114 Å². The molecule has 4 rings (SSSR count). The van der Waals surface area contributed by atoms with Crippen LogP contribution in [0.1, 0.15) is 23.1 Å². The molecule has 0 aliphatic carbocycles. The van der Waals surface area contributed by atoms with E-state index >= 15 is 0 Å². The minimum absolute atomic E-state index is 0.0274. The standard InChI is InChI=1S/C30H27NO3/c1-34-26-19-13-23(14-20-26)15-21-30(33)31-29-9-5-4-8-28(29)27-7-3-2-6-24(27)16-10-22-11-17-25(32)18-12-22/h2-14,16-20,32H,15,21H2,1H3,(H,31,33)/b16-10+. The fraction of sp³-hybridized carbons (Fsp3) is 0.100. The van der Waals surface area contributed by atoms with E-state index in [0.717, 1.165) is 39.3 Å². The molecule has 4 aromatic rings. The molecule has 0 aromatic heterocycles. The van der Waals surface area contributed by atoms with Gasteiger partial charge in [-0.1, -0.05) is 78.9 Å². The molecule has 0 saturated carbocycles. The first kappa shape index (κ1) is 22.9. The first-order valence-electron chi connectivity index (χ1n) is 11.2. The molecule has 0 fully saturated rings. The first-order chi connectivity index (χ1) is 16.6. The second kappa shape index (κ2) is 11.0. The van der Waals surface area contributed by atoms with Crippen molar-refractivity contribution in [2.45, 2.75) is 12.8 Å². The normalized spacial score (nSPS) is 10.9. The molecule has 0 saturated heterocycles. The van der Waals surface area contributed by atoms with E-state index in [1.54, 1.807) is 19.2 Å². The molecule has 34 heavy (non-hydrogen) atoms. The van der Waals surface area contributed by atoms with Gasteiger partial charge in [-0.05, 0) is 59.0 Å². The summed E-state index contributed by atoms with van der Waals surface area (Å²) >= 11 is 0. The fourth-order valence-electron chi connectivity index (χ4n) is 3.75. The van der Waals surface area contributed by atoms with Crippen molar-refractivity contribution in [1.29, 1.82) is 0 Å². The molecular formula is C30H27NO3. The van der Waals surface area contributed by atoms with Gasteiger partial charge in [0.15, 0.2) is 0 Å². The third-order valence-corrected chi connectivity index (χ3v) is 5.60. The van der Waals surface area contributed by atoms with Crippen LogP contribution in [0.4, 0.5) is 5.69 Å². The number of carbonyl (C=O) groups is 1. The van der Waals surface area contributed by atoms with E-state index in [0.29, 0.717) is 12.8 Å². The predicted molar refractivity (Wildman–Crippen MR) is 139 cm³/mol. The maximum Gasteiger partial charge on any atom is 0.224 e. The van der Waals surface area contributed by atoms with E-state index in [4.69, 9.17) is 4.74 Å². The number of hydrogen-bond acceptors (Lipinski definition) is 3. The number of amides is 1. The average Bonchev–Trinajstić information content (AvgIpc) is 2.88. The van der Waals surface area contributed by atoms with Gasteiger partial charge in [-0.15, -0.1) is 0 Å². The third-order valence-electron chi connectivity index (χ3n) is 5.60. The number of hydrogen-bond donors (Lipinski definition) is 2. The number of anilines is 1. The topological polar surface area (TPSA) is 58.6 Å². The summed E-state index contributed by atoms with van der Waals surface area (Å²) < 4.78 is 5.19. The Hall–Kier alpha value is -4.31. The molecule has 0 aliphatic heterocycles. The molecule has 170 valence electrons. The van der Waals surface area contributed by atoms with E-state index in [1.165, 1.54) is 0 Å². The molecule has 0 unspecified atom stereocenters. The van der Waals surface area contributed by atoms with E-state index < -0.39 is 0 Å². The van der Waals surface area contributed by atoms with Crippen molar-refractivity contribution < 1.29 is 14.6 Å². The highest BCUT2D eigenvalue weighted by molar-refractivity contribution is 5.97. The summed E-state index contributed by atoms with van der Waals surface area (Å²) in [5.41, 5.74) is 5.90. The van der Waals surface area contributed by atoms with Crippen LogP contribution in [0.15, 0.2) is 97.1 Å². The molecule has 0 radical (unpaired) electrons. The van der Waals surface area contributed by atoms with Crippen molar-refractivity contribution in [2.75, 3.05) is 12.4 Å². The van der Waals surface area contributed by atoms with Gasteiger partial charge in [0.05, 0.1) is 7.11 Å². The summed E-state index contributed by atoms with van der Waals surface area (Å²) in [7, 11) is 1.64. The lowest BCUT2D eigenvalue weighted by Gasteiger charge is -2.13. The van der Waals surface area contributed by atoms with Crippen molar-refractivity contribution in [2.24, 2.45) is 0 Å². The second-order valence-electron chi connectivity index (χ2n) is 7.95. The highest BCUT2D eigenvalue weighted by Gasteiger charge is 2.11. The third kappa shape index (κ3) is 5.93. The van der Waals surface area contributed by atoms with Crippen molar-refractivity contribution >= 4 is 23.7 Å². The molecule has 4 nitrogen and oxygen atoms in total. The Morgan fingerprint density at radius 1 is 0.824 bits per heavy atom.